The Morgan fingerprint density at radius 3 is 2.79 bits per heavy atom. The monoisotopic (exact) mass is 274 g/mol. The van der Waals surface area contributed by atoms with Crippen LogP contribution in [0.3, 0.4) is 0 Å². The van der Waals surface area contributed by atoms with Crippen LogP contribution in [-0.2, 0) is 0 Å². The molecule has 0 aliphatic heterocycles. The Morgan fingerprint density at radius 1 is 1.43 bits per heavy atom. The third-order valence-corrected chi connectivity index (χ3v) is 2.68. The van der Waals surface area contributed by atoms with Gasteiger partial charge in [-0.1, -0.05) is 11.6 Å². The molecule has 1 aromatic carbocycles. The molecular weight excluding hydrogens is 270 g/mol. The summed E-state index contributed by atoms with van der Waals surface area (Å²) in [5.41, 5.74) is 1.48. The lowest BCUT2D eigenvalue weighted by Gasteiger charge is -1.99. The van der Waals surface area contributed by atoms with E-state index < -0.39 is 5.82 Å². The average Bonchev–Trinajstić information content (AvgIpc) is 2.57. The smallest absolute Gasteiger partial charge is 0.141 e. The number of hydrogen-bond donors (Lipinski definition) is 1. The molecule has 0 bridgehead atoms. The summed E-state index contributed by atoms with van der Waals surface area (Å²) in [6.07, 6.45) is 1.55. The van der Waals surface area contributed by atoms with Gasteiger partial charge in [-0.05, 0) is 34.1 Å². The molecule has 0 aliphatic carbocycles. The Morgan fingerprint density at radius 2 is 2.21 bits per heavy atom. The van der Waals surface area contributed by atoms with Crippen molar-refractivity contribution in [3.63, 3.8) is 0 Å². The first kappa shape index (κ1) is 9.68. The molecule has 0 unspecified atom stereocenters. The van der Waals surface area contributed by atoms with E-state index in [1.807, 2.05) is 0 Å². The molecule has 2 aromatic rings. The van der Waals surface area contributed by atoms with E-state index in [0.717, 1.165) is 10.2 Å². The molecule has 0 saturated heterocycles. The van der Waals surface area contributed by atoms with Gasteiger partial charge < -0.3 is 4.98 Å². The summed E-state index contributed by atoms with van der Waals surface area (Å²) < 4.78 is 13.6. The Labute approximate surface area is 93.3 Å². The Kier molecular flexibility index (Phi) is 2.56. The van der Waals surface area contributed by atoms with Gasteiger partial charge in [-0.3, -0.25) is 0 Å². The maximum atomic E-state index is 12.9. The van der Waals surface area contributed by atoms with E-state index in [0.29, 0.717) is 5.69 Å². The van der Waals surface area contributed by atoms with E-state index >= 15 is 0 Å². The molecule has 0 fully saturated rings. The number of imidazole rings is 1. The zero-order chi connectivity index (χ0) is 10.1. The summed E-state index contributed by atoms with van der Waals surface area (Å²) in [6, 6.07) is 4.48. The highest BCUT2D eigenvalue weighted by Gasteiger charge is 2.07. The second-order valence-corrected chi connectivity index (χ2v) is 3.89. The molecule has 1 aromatic heterocycles. The molecule has 0 radical (unpaired) electrons. The Balaban J connectivity index is 2.53. The molecule has 1 heterocycles. The molecular formula is C9H5BrClFN2. The minimum atomic E-state index is -0.429. The van der Waals surface area contributed by atoms with Crippen molar-refractivity contribution in [3.05, 3.63) is 40.0 Å². The average molecular weight is 276 g/mol. The lowest BCUT2D eigenvalue weighted by Crippen LogP contribution is -1.81. The van der Waals surface area contributed by atoms with Crippen LogP contribution in [0.1, 0.15) is 0 Å². The largest absolute Gasteiger partial charge is 0.339 e. The van der Waals surface area contributed by atoms with Crippen molar-refractivity contribution in [1.29, 1.82) is 0 Å². The molecule has 0 atom stereocenters. The highest BCUT2D eigenvalue weighted by Crippen LogP contribution is 2.27. The van der Waals surface area contributed by atoms with Crippen molar-refractivity contribution in [3.8, 4) is 11.3 Å². The first-order chi connectivity index (χ1) is 6.68. The number of halogens is 3. The number of hydrogen-bond acceptors (Lipinski definition) is 1. The van der Waals surface area contributed by atoms with Crippen molar-refractivity contribution >= 4 is 27.5 Å². The van der Waals surface area contributed by atoms with Gasteiger partial charge in [0.25, 0.3) is 0 Å². The van der Waals surface area contributed by atoms with Crippen LogP contribution >= 0.6 is 27.5 Å². The van der Waals surface area contributed by atoms with E-state index in [1.165, 1.54) is 12.1 Å². The first-order valence-corrected chi connectivity index (χ1v) is 5.00. The molecule has 0 saturated carbocycles. The van der Waals surface area contributed by atoms with Crippen molar-refractivity contribution < 1.29 is 4.39 Å². The predicted octanol–water partition coefficient (Wildman–Crippen LogP) is 3.63. The number of aromatic nitrogens is 2. The van der Waals surface area contributed by atoms with Crippen LogP contribution in [0.15, 0.2) is 29.1 Å². The fraction of sp³-hybridized carbons (Fsp3) is 0. The molecule has 0 amide bonds. The van der Waals surface area contributed by atoms with E-state index in [4.69, 9.17) is 11.6 Å². The summed E-state index contributed by atoms with van der Waals surface area (Å²) >= 11 is 8.95. The summed E-state index contributed by atoms with van der Waals surface area (Å²) in [7, 11) is 0. The van der Waals surface area contributed by atoms with Gasteiger partial charge in [0.05, 0.1) is 11.3 Å². The lowest BCUT2D eigenvalue weighted by atomic mass is 10.2. The Bertz CT molecular complexity index is 470. The van der Waals surface area contributed by atoms with Crippen LogP contribution in [-0.4, -0.2) is 9.97 Å². The highest BCUT2D eigenvalue weighted by molar-refractivity contribution is 9.10. The van der Waals surface area contributed by atoms with Gasteiger partial charge in [0.15, 0.2) is 0 Å². The van der Waals surface area contributed by atoms with Crippen LogP contribution in [0.2, 0.25) is 5.02 Å². The van der Waals surface area contributed by atoms with Crippen molar-refractivity contribution in [2.24, 2.45) is 0 Å². The van der Waals surface area contributed by atoms with Gasteiger partial charge in [0, 0.05) is 5.56 Å². The van der Waals surface area contributed by atoms with Crippen molar-refractivity contribution in [2.75, 3.05) is 0 Å². The van der Waals surface area contributed by atoms with Crippen molar-refractivity contribution in [1.82, 2.24) is 9.97 Å². The molecule has 14 heavy (non-hydrogen) atoms. The SMILES string of the molecule is Fc1ccc(-c2nc[nH]c2Br)cc1Cl. The summed E-state index contributed by atoms with van der Waals surface area (Å²) in [5.74, 6) is -0.429. The molecule has 72 valence electrons. The molecule has 1 N–H and O–H groups in total. The second kappa shape index (κ2) is 3.71. The minimum absolute atomic E-state index is 0.0948. The first-order valence-electron chi connectivity index (χ1n) is 3.83. The topological polar surface area (TPSA) is 28.7 Å². The Hall–Kier alpha value is -0.870. The van der Waals surface area contributed by atoms with Crippen LogP contribution in [0.4, 0.5) is 4.39 Å². The van der Waals surface area contributed by atoms with Gasteiger partial charge in [-0.2, -0.15) is 0 Å². The van der Waals surface area contributed by atoms with Crippen LogP contribution in [0.25, 0.3) is 11.3 Å². The van der Waals surface area contributed by atoms with Gasteiger partial charge in [-0.25, -0.2) is 9.37 Å². The third-order valence-electron chi connectivity index (χ3n) is 1.79. The van der Waals surface area contributed by atoms with Crippen molar-refractivity contribution in [2.45, 2.75) is 0 Å². The zero-order valence-electron chi connectivity index (χ0n) is 6.89. The summed E-state index contributed by atoms with van der Waals surface area (Å²) in [5, 5.41) is 0.0948. The van der Waals surface area contributed by atoms with Crippen LogP contribution in [0.5, 0.6) is 0 Å². The number of nitrogens with zero attached hydrogens (tertiary/aromatic N) is 1. The molecule has 2 nitrogen and oxygen atoms in total. The number of H-pyrrole nitrogens is 1. The van der Waals surface area contributed by atoms with E-state index in [-0.39, 0.29) is 5.02 Å². The van der Waals surface area contributed by atoms with Crippen LogP contribution < -0.4 is 0 Å². The predicted molar refractivity (Wildman–Crippen MR) is 56.7 cm³/mol. The summed E-state index contributed by atoms with van der Waals surface area (Å²) in [6.45, 7) is 0. The quantitative estimate of drug-likeness (QED) is 0.846. The van der Waals surface area contributed by atoms with Gasteiger partial charge >= 0.3 is 0 Å². The normalized spacial score (nSPS) is 10.5. The molecule has 5 heteroatoms. The van der Waals surface area contributed by atoms with Crippen LogP contribution in [0, 0.1) is 5.82 Å². The number of aromatic amines is 1. The standard InChI is InChI=1S/C9H5BrClFN2/c10-9-8(13-4-14-9)5-1-2-7(12)6(11)3-5/h1-4H,(H,13,14). The second-order valence-electron chi connectivity index (χ2n) is 2.69. The zero-order valence-corrected chi connectivity index (χ0v) is 9.23. The third kappa shape index (κ3) is 1.67. The van der Waals surface area contributed by atoms with E-state index in [9.17, 15) is 4.39 Å². The molecule has 0 spiro atoms. The van der Waals surface area contributed by atoms with E-state index in [1.54, 1.807) is 12.4 Å². The van der Waals surface area contributed by atoms with E-state index in [2.05, 4.69) is 25.9 Å². The number of benzene rings is 1. The number of nitrogens with one attached hydrogen (secondary N) is 1. The maximum absolute atomic E-state index is 12.9. The highest BCUT2D eigenvalue weighted by atomic mass is 79.9. The lowest BCUT2D eigenvalue weighted by molar-refractivity contribution is 0.628. The molecule has 2 rings (SSSR count). The summed E-state index contributed by atoms with van der Waals surface area (Å²) in [4.78, 5) is 6.94. The molecule has 0 aliphatic rings. The van der Waals surface area contributed by atoms with Gasteiger partial charge in [0.1, 0.15) is 16.1 Å². The number of rotatable bonds is 1. The van der Waals surface area contributed by atoms with Gasteiger partial charge in [0.2, 0.25) is 0 Å². The fourth-order valence-electron chi connectivity index (χ4n) is 1.12. The van der Waals surface area contributed by atoms with Gasteiger partial charge in [-0.15, -0.1) is 0 Å². The fourth-order valence-corrected chi connectivity index (χ4v) is 1.74. The minimum Gasteiger partial charge on any atom is -0.339 e. The maximum Gasteiger partial charge on any atom is 0.141 e.